The van der Waals surface area contributed by atoms with Gasteiger partial charge in [0.15, 0.2) is 0 Å². The molecule has 3 heteroatoms. The summed E-state index contributed by atoms with van der Waals surface area (Å²) in [6.45, 7) is 4.67. The Labute approximate surface area is 113 Å². The summed E-state index contributed by atoms with van der Waals surface area (Å²) < 4.78 is 1.16. The molecule has 2 nitrogen and oxygen atoms in total. The molecule has 1 saturated heterocycles. The maximum atomic E-state index is 3.74. The summed E-state index contributed by atoms with van der Waals surface area (Å²) in [5, 5.41) is 3.74. The predicted octanol–water partition coefficient (Wildman–Crippen LogP) is 3.19. The monoisotopic (exact) mass is 296 g/mol. The molecule has 0 amide bonds. The summed E-state index contributed by atoms with van der Waals surface area (Å²) in [6, 6.07) is 9.67. The maximum absolute atomic E-state index is 3.74. The molecule has 2 rings (SSSR count). The number of nitrogens with one attached hydrogen (secondary N) is 1. The Kier molecular flexibility index (Phi) is 4.60. The van der Waals surface area contributed by atoms with Crippen molar-refractivity contribution in [3.8, 4) is 0 Å². The molecular formula is C14H21BrN2. The van der Waals surface area contributed by atoms with E-state index < -0.39 is 0 Å². The van der Waals surface area contributed by atoms with Crippen LogP contribution in [0.15, 0.2) is 28.7 Å². The highest BCUT2D eigenvalue weighted by Crippen LogP contribution is 2.20. The van der Waals surface area contributed by atoms with Gasteiger partial charge in [0.25, 0.3) is 0 Å². The normalized spacial score (nSPS) is 20.4. The van der Waals surface area contributed by atoms with Gasteiger partial charge in [0.2, 0.25) is 0 Å². The second-order valence-electron chi connectivity index (χ2n) is 5.02. The number of nitrogens with zero attached hydrogens (tertiary/aromatic N) is 1. The van der Waals surface area contributed by atoms with Crippen LogP contribution in [-0.4, -0.2) is 31.1 Å². The van der Waals surface area contributed by atoms with Crippen molar-refractivity contribution in [3.05, 3.63) is 34.3 Å². The van der Waals surface area contributed by atoms with E-state index >= 15 is 0 Å². The smallest absolute Gasteiger partial charge is 0.0294 e. The van der Waals surface area contributed by atoms with Gasteiger partial charge >= 0.3 is 0 Å². The van der Waals surface area contributed by atoms with Crippen LogP contribution in [0.2, 0.25) is 0 Å². The quantitative estimate of drug-likeness (QED) is 0.921. The fourth-order valence-electron chi connectivity index (χ4n) is 2.40. The fraction of sp³-hybridized carbons (Fsp3) is 0.571. The second kappa shape index (κ2) is 5.98. The van der Waals surface area contributed by atoms with Gasteiger partial charge in [0.1, 0.15) is 0 Å². The van der Waals surface area contributed by atoms with E-state index in [0.717, 1.165) is 4.47 Å². The summed E-state index contributed by atoms with van der Waals surface area (Å²) in [6.07, 6.45) is 2.52. The van der Waals surface area contributed by atoms with Crippen LogP contribution < -0.4 is 5.32 Å². The van der Waals surface area contributed by atoms with Crippen LogP contribution in [0.4, 0.5) is 0 Å². The van der Waals surface area contributed by atoms with E-state index in [1.165, 1.54) is 31.5 Å². The topological polar surface area (TPSA) is 15.3 Å². The minimum absolute atomic E-state index is 0.431. The molecule has 0 radical (unpaired) electrons. The third-order valence-electron chi connectivity index (χ3n) is 3.55. The highest BCUT2D eigenvalue weighted by Gasteiger charge is 2.18. The Hall–Kier alpha value is -0.380. The van der Waals surface area contributed by atoms with Gasteiger partial charge in [0.05, 0.1) is 0 Å². The molecule has 94 valence electrons. The zero-order valence-corrected chi connectivity index (χ0v) is 12.2. The first-order valence-corrected chi connectivity index (χ1v) is 7.14. The van der Waals surface area contributed by atoms with E-state index in [1.807, 2.05) is 0 Å². The first-order valence-electron chi connectivity index (χ1n) is 6.35. The number of hydrogen-bond donors (Lipinski definition) is 1. The Morgan fingerprint density at radius 2 is 2.06 bits per heavy atom. The lowest BCUT2D eigenvalue weighted by molar-refractivity contribution is 0.226. The molecule has 1 aliphatic rings. The fourth-order valence-corrected chi connectivity index (χ4v) is 2.82. The van der Waals surface area contributed by atoms with E-state index in [1.54, 1.807) is 0 Å². The molecule has 1 unspecified atom stereocenters. The molecule has 0 aromatic heterocycles. The van der Waals surface area contributed by atoms with E-state index in [9.17, 15) is 0 Å². The Bertz CT molecular complexity index is 359. The van der Waals surface area contributed by atoms with Crippen molar-refractivity contribution >= 4 is 15.9 Å². The van der Waals surface area contributed by atoms with E-state index in [-0.39, 0.29) is 0 Å². The standard InChI is InChI=1S/C14H21BrN2/c1-11(12-4-3-5-13(15)10-12)16-14-6-8-17(2)9-7-14/h3-5,10-11,14,16H,6-9H2,1-2H3. The SMILES string of the molecule is CC(NC1CCN(C)CC1)c1cccc(Br)c1. The Morgan fingerprint density at radius 1 is 1.35 bits per heavy atom. The highest BCUT2D eigenvalue weighted by molar-refractivity contribution is 9.10. The van der Waals surface area contributed by atoms with Crippen LogP contribution >= 0.6 is 15.9 Å². The van der Waals surface area contributed by atoms with Crippen molar-refractivity contribution in [1.29, 1.82) is 0 Å². The summed E-state index contributed by atoms with van der Waals surface area (Å²) in [4.78, 5) is 2.40. The number of piperidine rings is 1. The molecule has 0 saturated carbocycles. The molecule has 1 fully saturated rings. The van der Waals surface area contributed by atoms with E-state index in [2.05, 4.69) is 64.4 Å². The summed E-state index contributed by atoms with van der Waals surface area (Å²) >= 11 is 3.53. The molecule has 1 aliphatic heterocycles. The van der Waals surface area contributed by atoms with Crippen molar-refractivity contribution in [2.45, 2.75) is 31.8 Å². The van der Waals surface area contributed by atoms with Gasteiger partial charge in [-0.05, 0) is 57.6 Å². The minimum Gasteiger partial charge on any atom is -0.307 e. The van der Waals surface area contributed by atoms with Crippen LogP contribution in [0.3, 0.4) is 0 Å². The Balaban J connectivity index is 1.90. The molecule has 1 aromatic rings. The van der Waals surface area contributed by atoms with Crippen molar-refractivity contribution in [2.75, 3.05) is 20.1 Å². The van der Waals surface area contributed by atoms with Gasteiger partial charge in [-0.1, -0.05) is 28.1 Å². The molecule has 1 atom stereocenters. The molecule has 0 bridgehead atoms. The molecule has 0 spiro atoms. The number of halogens is 1. The first kappa shape index (κ1) is 13.1. The third kappa shape index (κ3) is 3.80. The van der Waals surface area contributed by atoms with Gasteiger partial charge in [0, 0.05) is 16.6 Å². The van der Waals surface area contributed by atoms with Crippen LogP contribution in [0.5, 0.6) is 0 Å². The predicted molar refractivity (Wildman–Crippen MR) is 76.2 cm³/mol. The van der Waals surface area contributed by atoms with Crippen molar-refractivity contribution in [1.82, 2.24) is 10.2 Å². The number of benzene rings is 1. The van der Waals surface area contributed by atoms with Gasteiger partial charge < -0.3 is 10.2 Å². The van der Waals surface area contributed by atoms with Crippen LogP contribution in [-0.2, 0) is 0 Å². The lowest BCUT2D eigenvalue weighted by Crippen LogP contribution is -2.41. The molecule has 1 aromatic carbocycles. The van der Waals surface area contributed by atoms with Gasteiger partial charge in [-0.2, -0.15) is 0 Å². The second-order valence-corrected chi connectivity index (χ2v) is 5.94. The molecule has 1 N–H and O–H groups in total. The number of likely N-dealkylation sites (tertiary alicyclic amines) is 1. The van der Waals surface area contributed by atoms with Gasteiger partial charge in [-0.3, -0.25) is 0 Å². The van der Waals surface area contributed by atoms with Gasteiger partial charge in [-0.25, -0.2) is 0 Å². The lowest BCUT2D eigenvalue weighted by atomic mass is 10.0. The highest BCUT2D eigenvalue weighted by atomic mass is 79.9. The summed E-state index contributed by atoms with van der Waals surface area (Å²) in [7, 11) is 2.20. The number of hydrogen-bond acceptors (Lipinski definition) is 2. The first-order chi connectivity index (χ1) is 8.15. The molecular weight excluding hydrogens is 276 g/mol. The molecule has 1 heterocycles. The van der Waals surface area contributed by atoms with E-state index in [0.29, 0.717) is 12.1 Å². The van der Waals surface area contributed by atoms with Crippen LogP contribution in [0, 0.1) is 0 Å². The maximum Gasteiger partial charge on any atom is 0.0294 e. The summed E-state index contributed by atoms with van der Waals surface area (Å²) in [5.74, 6) is 0. The van der Waals surface area contributed by atoms with Crippen LogP contribution in [0.1, 0.15) is 31.4 Å². The third-order valence-corrected chi connectivity index (χ3v) is 4.05. The van der Waals surface area contributed by atoms with Crippen molar-refractivity contribution in [2.24, 2.45) is 0 Å². The number of rotatable bonds is 3. The van der Waals surface area contributed by atoms with Crippen LogP contribution in [0.25, 0.3) is 0 Å². The lowest BCUT2D eigenvalue weighted by Gasteiger charge is -2.31. The molecule has 0 aliphatic carbocycles. The van der Waals surface area contributed by atoms with E-state index in [4.69, 9.17) is 0 Å². The Morgan fingerprint density at radius 3 is 2.71 bits per heavy atom. The minimum atomic E-state index is 0.431. The zero-order valence-electron chi connectivity index (χ0n) is 10.6. The average Bonchev–Trinajstić information content (AvgIpc) is 2.32. The average molecular weight is 297 g/mol. The zero-order chi connectivity index (χ0) is 12.3. The summed E-state index contributed by atoms with van der Waals surface area (Å²) in [5.41, 5.74) is 1.36. The largest absolute Gasteiger partial charge is 0.307 e. The van der Waals surface area contributed by atoms with Gasteiger partial charge in [-0.15, -0.1) is 0 Å². The van der Waals surface area contributed by atoms with Crippen molar-refractivity contribution < 1.29 is 0 Å². The molecule has 17 heavy (non-hydrogen) atoms. The van der Waals surface area contributed by atoms with Crippen molar-refractivity contribution in [3.63, 3.8) is 0 Å².